The van der Waals surface area contributed by atoms with Crippen LogP contribution >= 0.6 is 0 Å². The van der Waals surface area contributed by atoms with Crippen LogP contribution in [0, 0.1) is 10.1 Å². The van der Waals surface area contributed by atoms with Gasteiger partial charge in [0.05, 0.1) is 26.5 Å². The van der Waals surface area contributed by atoms with Crippen molar-refractivity contribution >= 4 is 72.4 Å². The van der Waals surface area contributed by atoms with Gasteiger partial charge in [0.25, 0.3) is 23.1 Å². The quantitative estimate of drug-likeness (QED) is 0.0174. The fraction of sp³-hybridized carbons (Fsp3) is 0.350. The van der Waals surface area contributed by atoms with Crippen LogP contribution in [-0.2, 0) is 22.0 Å². The molecule has 5 N–H and O–H groups in total. The Balaban J connectivity index is 1.08. The standard InChI is InChI=1S/C60H67N5O13S/c1-5-6-7-8-9-10-11-12-13-14-15-16-17-18-29-61-79(75,76)50-27-28-52(53(37-50)65(73)74)64-57(68)51(54(78-64)60(2,3)4)38-77-49-35-45(55(66)62-47-25-23-39-30-43(58(69)70)21-19-41(39)33-47)32-46(36-49)56(67)63-48-26-24-40-31-44(59(71)72)22-20-42(40)34-48/h19-28,30-37,61H,5-18,29,38H2,1-4H3,(H,62,66)(H,63,67)(H,69,70)(H,71,72). The molecule has 7 rings (SSSR count). The Labute approximate surface area is 458 Å². The summed E-state index contributed by atoms with van der Waals surface area (Å²) in [4.78, 5) is 77.0. The summed E-state index contributed by atoms with van der Waals surface area (Å²) in [6.07, 6.45) is 16.1. The van der Waals surface area contributed by atoms with Crippen LogP contribution in [0.25, 0.3) is 27.2 Å². The molecule has 7 aromatic rings. The highest BCUT2D eigenvalue weighted by Gasteiger charge is 2.32. The van der Waals surface area contributed by atoms with Gasteiger partial charge < -0.3 is 30.1 Å². The van der Waals surface area contributed by atoms with E-state index in [2.05, 4.69) is 22.3 Å². The summed E-state index contributed by atoms with van der Waals surface area (Å²) in [5.41, 5.74) is -2.02. The Morgan fingerprint density at radius 2 is 1.09 bits per heavy atom. The summed E-state index contributed by atoms with van der Waals surface area (Å²) in [6.45, 7) is 7.10. The molecular weight excluding hydrogens is 1030 g/mol. The maximum atomic E-state index is 14.4. The first-order valence-corrected chi connectivity index (χ1v) is 28.2. The first-order chi connectivity index (χ1) is 37.7. The monoisotopic (exact) mass is 1100 g/mol. The molecule has 79 heavy (non-hydrogen) atoms. The maximum Gasteiger partial charge on any atom is 0.335 e. The molecule has 0 saturated carbocycles. The van der Waals surface area contributed by atoms with E-state index in [1.807, 2.05) is 0 Å². The third kappa shape index (κ3) is 15.5. The molecule has 0 fully saturated rings. The number of carboxylic acid groups (broad SMARTS) is 2. The molecule has 0 radical (unpaired) electrons. The minimum absolute atomic E-state index is 0.0358. The number of nitrogens with one attached hydrogen (secondary N) is 3. The average Bonchev–Trinajstić information content (AvgIpc) is 3.87. The second-order valence-corrected chi connectivity index (χ2v) is 22.5. The second kappa shape index (κ2) is 26.5. The number of hydrogen-bond acceptors (Lipinski definition) is 11. The molecule has 0 unspecified atom stereocenters. The number of amides is 2. The topological polar surface area (TPSA) is 266 Å². The minimum atomic E-state index is -4.17. The number of ether oxygens (including phenoxy) is 1. The molecule has 0 atom stereocenters. The van der Waals surface area contributed by atoms with Gasteiger partial charge in [0.15, 0.2) is 11.4 Å². The number of carboxylic acids is 2. The smallest absolute Gasteiger partial charge is 0.335 e. The van der Waals surface area contributed by atoms with Crippen molar-refractivity contribution in [3.05, 3.63) is 163 Å². The van der Waals surface area contributed by atoms with Gasteiger partial charge in [-0.05, 0) is 107 Å². The van der Waals surface area contributed by atoms with Crippen molar-refractivity contribution in [2.45, 2.75) is 135 Å². The van der Waals surface area contributed by atoms with Gasteiger partial charge in [0.1, 0.15) is 12.4 Å². The van der Waals surface area contributed by atoms with Crippen molar-refractivity contribution in [1.29, 1.82) is 0 Å². The zero-order valence-electron chi connectivity index (χ0n) is 44.9. The first kappa shape index (κ1) is 58.5. The predicted octanol–water partition coefficient (Wildman–Crippen LogP) is 13.2. The lowest BCUT2D eigenvalue weighted by molar-refractivity contribution is -0.385. The normalized spacial score (nSPS) is 11.7. The second-order valence-electron chi connectivity index (χ2n) is 20.8. The van der Waals surface area contributed by atoms with Crippen molar-refractivity contribution in [2.24, 2.45) is 0 Å². The fourth-order valence-corrected chi connectivity index (χ4v) is 10.4. The van der Waals surface area contributed by atoms with Crippen LogP contribution in [0.1, 0.15) is 170 Å². The number of benzene rings is 6. The van der Waals surface area contributed by atoms with Gasteiger partial charge in [0, 0.05) is 40.5 Å². The number of aromatic carboxylic acids is 2. The zero-order chi connectivity index (χ0) is 56.9. The van der Waals surface area contributed by atoms with Gasteiger partial charge in [-0.2, -0.15) is 0 Å². The summed E-state index contributed by atoms with van der Waals surface area (Å²) < 4.78 is 42.4. The molecule has 0 saturated heterocycles. The van der Waals surface area contributed by atoms with E-state index in [4.69, 9.17) is 9.26 Å². The highest BCUT2D eigenvalue weighted by molar-refractivity contribution is 7.89. The molecule has 0 aliphatic rings. The van der Waals surface area contributed by atoms with Crippen LogP contribution in [0.4, 0.5) is 17.1 Å². The number of anilines is 2. The number of nitro groups is 1. The number of aromatic nitrogens is 1. The van der Waals surface area contributed by atoms with E-state index in [0.717, 1.165) is 42.6 Å². The Morgan fingerprint density at radius 3 is 1.56 bits per heavy atom. The van der Waals surface area contributed by atoms with E-state index < -0.39 is 62.0 Å². The number of nitrogens with zero attached hydrogens (tertiary/aromatic N) is 2. The number of nitro benzene ring substituents is 1. The molecule has 416 valence electrons. The number of carbonyl (C=O) groups is 4. The lowest BCUT2D eigenvalue weighted by Gasteiger charge is -2.16. The van der Waals surface area contributed by atoms with Gasteiger partial charge in [-0.25, -0.2) is 22.7 Å². The first-order valence-electron chi connectivity index (χ1n) is 26.7. The Bertz CT molecular complexity index is 3430. The molecule has 1 heterocycles. The van der Waals surface area contributed by atoms with Gasteiger partial charge in [-0.15, -0.1) is 4.74 Å². The molecule has 0 spiro atoms. The lowest BCUT2D eigenvalue weighted by atomic mass is 9.91. The summed E-state index contributed by atoms with van der Waals surface area (Å²) in [5.74, 6) is -3.46. The largest absolute Gasteiger partial charge is 0.489 e. The van der Waals surface area contributed by atoms with Gasteiger partial charge in [-0.3, -0.25) is 24.5 Å². The Morgan fingerprint density at radius 1 is 0.620 bits per heavy atom. The molecule has 0 aliphatic heterocycles. The molecule has 0 bridgehead atoms. The van der Waals surface area contributed by atoms with Gasteiger partial charge in [0.2, 0.25) is 10.0 Å². The van der Waals surface area contributed by atoms with Crippen LogP contribution in [0.5, 0.6) is 5.75 Å². The van der Waals surface area contributed by atoms with E-state index in [1.54, 1.807) is 69.3 Å². The molecule has 19 heteroatoms. The fourth-order valence-electron chi connectivity index (χ4n) is 9.30. The number of sulfonamides is 1. The van der Waals surface area contributed by atoms with Gasteiger partial charge in [-0.1, -0.05) is 135 Å². The van der Waals surface area contributed by atoms with Crippen molar-refractivity contribution < 1.29 is 52.0 Å². The molecule has 18 nitrogen and oxygen atoms in total. The minimum Gasteiger partial charge on any atom is -0.489 e. The van der Waals surface area contributed by atoms with Crippen LogP contribution in [0.2, 0.25) is 0 Å². The number of hydrogen-bond donors (Lipinski definition) is 5. The molecule has 1 aromatic heterocycles. The molecular formula is C60H67N5O13S. The average molecular weight is 1100 g/mol. The highest BCUT2D eigenvalue weighted by atomic mass is 32.2. The lowest BCUT2D eigenvalue weighted by Crippen LogP contribution is -2.25. The van der Waals surface area contributed by atoms with Crippen LogP contribution in [0.15, 0.2) is 123 Å². The van der Waals surface area contributed by atoms with Gasteiger partial charge >= 0.3 is 11.9 Å². The number of carbonyl (C=O) groups excluding carboxylic acids is 2. The Kier molecular flexibility index (Phi) is 19.6. The maximum absolute atomic E-state index is 14.4. The SMILES string of the molecule is CCCCCCCCCCCCCCCCNS(=O)(=O)c1ccc(-n2oc(C(C)(C)C)c(COc3cc(C(=O)Nc4ccc5cc(C(=O)O)ccc5c4)cc(C(=O)Nc4ccc5cc(C(=O)O)ccc5c4)c3)c2=O)c([N+](=O)[O-])c1. The van der Waals surface area contributed by atoms with Crippen molar-refractivity contribution in [1.82, 2.24) is 9.46 Å². The van der Waals surface area contributed by atoms with Crippen molar-refractivity contribution in [2.75, 3.05) is 17.2 Å². The van der Waals surface area contributed by atoms with Crippen LogP contribution < -0.4 is 25.7 Å². The predicted molar refractivity (Wildman–Crippen MR) is 304 cm³/mol. The van der Waals surface area contributed by atoms with Crippen molar-refractivity contribution in [3.63, 3.8) is 0 Å². The van der Waals surface area contributed by atoms with Crippen LogP contribution in [-0.4, -0.2) is 58.6 Å². The van der Waals surface area contributed by atoms with E-state index in [0.29, 0.717) is 39.3 Å². The highest BCUT2D eigenvalue weighted by Crippen LogP contribution is 2.32. The molecule has 0 aliphatic carbocycles. The summed E-state index contributed by atoms with van der Waals surface area (Å²) in [7, 11) is -4.17. The van der Waals surface area contributed by atoms with E-state index >= 15 is 0 Å². The Hall–Kier alpha value is -8.16. The summed E-state index contributed by atoms with van der Waals surface area (Å²) in [5, 5.41) is 39.6. The molecule has 2 amide bonds. The summed E-state index contributed by atoms with van der Waals surface area (Å²) in [6, 6.07) is 26.1. The van der Waals surface area contributed by atoms with E-state index in [-0.39, 0.29) is 56.5 Å². The molecule has 6 aromatic carbocycles. The zero-order valence-corrected chi connectivity index (χ0v) is 45.7. The van der Waals surface area contributed by atoms with Crippen LogP contribution in [0.3, 0.4) is 0 Å². The third-order valence-corrected chi connectivity index (χ3v) is 15.0. The third-order valence-electron chi connectivity index (χ3n) is 13.6. The van der Waals surface area contributed by atoms with Crippen molar-refractivity contribution in [3.8, 4) is 11.4 Å². The number of rotatable bonds is 28. The van der Waals surface area contributed by atoms with E-state index in [1.165, 1.54) is 106 Å². The summed E-state index contributed by atoms with van der Waals surface area (Å²) >= 11 is 0. The number of fused-ring (bicyclic) bond motifs is 2. The van der Waals surface area contributed by atoms with E-state index in [9.17, 15) is 52.7 Å². The number of unbranched alkanes of at least 4 members (excludes halogenated alkanes) is 13.